The monoisotopic (exact) mass is 294 g/mol. The van der Waals surface area contributed by atoms with E-state index in [1.54, 1.807) is 19.2 Å². The zero-order valence-corrected chi connectivity index (χ0v) is 11.1. The van der Waals surface area contributed by atoms with Gasteiger partial charge in [0.2, 0.25) is 0 Å². The van der Waals surface area contributed by atoms with E-state index in [1.807, 2.05) is 18.2 Å². The van der Waals surface area contributed by atoms with Gasteiger partial charge in [-0.15, -0.1) is 0 Å². The minimum Gasteiger partial charge on any atom is -0.497 e. The Hall–Kier alpha value is -1.55. The van der Waals surface area contributed by atoms with E-state index >= 15 is 0 Å². The molecule has 2 aromatic carbocycles. The summed E-state index contributed by atoms with van der Waals surface area (Å²) in [5.41, 5.74) is 0.528. The van der Waals surface area contributed by atoms with Crippen LogP contribution < -0.4 is 4.74 Å². The molecular formula is C13H11BrO3. The third-order valence-corrected chi connectivity index (χ3v) is 3.19. The van der Waals surface area contributed by atoms with E-state index in [4.69, 9.17) is 9.47 Å². The summed E-state index contributed by atoms with van der Waals surface area (Å²) in [5, 5.41) is 1.96. The number of carbonyl (C=O) groups excluding carboxylic acids is 1. The highest BCUT2D eigenvalue weighted by Crippen LogP contribution is 2.30. The number of hydrogen-bond donors (Lipinski definition) is 0. The summed E-state index contributed by atoms with van der Waals surface area (Å²) in [6, 6.07) is 9.18. The molecular weight excluding hydrogens is 284 g/mol. The van der Waals surface area contributed by atoms with Crippen LogP contribution in [-0.2, 0) is 4.74 Å². The zero-order chi connectivity index (χ0) is 12.4. The average Bonchev–Trinajstić information content (AvgIpc) is 2.36. The Morgan fingerprint density at radius 1 is 1.18 bits per heavy atom. The van der Waals surface area contributed by atoms with Crippen LogP contribution in [0.25, 0.3) is 10.8 Å². The Kier molecular flexibility index (Phi) is 3.33. The molecule has 0 aromatic heterocycles. The molecule has 2 aromatic rings. The number of carbonyl (C=O) groups is 1. The number of fused-ring (bicyclic) bond motifs is 1. The average molecular weight is 295 g/mol. The molecule has 0 aliphatic rings. The van der Waals surface area contributed by atoms with Crippen molar-refractivity contribution >= 4 is 32.7 Å². The van der Waals surface area contributed by atoms with Gasteiger partial charge in [0.1, 0.15) is 5.75 Å². The molecule has 88 valence electrons. The highest BCUT2D eigenvalue weighted by molar-refractivity contribution is 9.10. The van der Waals surface area contributed by atoms with Crippen LogP contribution in [0.5, 0.6) is 5.75 Å². The largest absolute Gasteiger partial charge is 0.497 e. The van der Waals surface area contributed by atoms with Crippen LogP contribution in [0.15, 0.2) is 34.8 Å². The molecule has 0 heterocycles. The second-order valence-electron chi connectivity index (χ2n) is 3.54. The van der Waals surface area contributed by atoms with E-state index < -0.39 is 0 Å². The van der Waals surface area contributed by atoms with Gasteiger partial charge < -0.3 is 9.47 Å². The third-order valence-electron chi connectivity index (χ3n) is 2.53. The molecule has 0 saturated heterocycles. The van der Waals surface area contributed by atoms with Crippen molar-refractivity contribution in [3.63, 3.8) is 0 Å². The number of rotatable bonds is 2. The van der Waals surface area contributed by atoms with Crippen molar-refractivity contribution in [3.8, 4) is 5.75 Å². The highest BCUT2D eigenvalue weighted by Gasteiger charge is 2.08. The molecule has 2 rings (SSSR count). The maximum absolute atomic E-state index is 11.4. The first-order chi connectivity index (χ1) is 8.15. The van der Waals surface area contributed by atoms with Crippen molar-refractivity contribution in [2.75, 3.05) is 14.2 Å². The van der Waals surface area contributed by atoms with Crippen molar-refractivity contribution in [3.05, 3.63) is 40.4 Å². The van der Waals surface area contributed by atoms with Crippen molar-refractivity contribution in [2.24, 2.45) is 0 Å². The van der Waals surface area contributed by atoms with E-state index in [0.717, 1.165) is 21.0 Å². The number of methoxy groups -OCH3 is 2. The molecule has 0 N–H and O–H groups in total. The summed E-state index contributed by atoms with van der Waals surface area (Å²) in [6.07, 6.45) is 0. The Morgan fingerprint density at radius 3 is 2.59 bits per heavy atom. The van der Waals surface area contributed by atoms with Gasteiger partial charge in [-0.1, -0.05) is 22.0 Å². The van der Waals surface area contributed by atoms with Gasteiger partial charge in [-0.2, -0.15) is 0 Å². The van der Waals surface area contributed by atoms with Crippen LogP contribution in [0.1, 0.15) is 10.4 Å². The molecule has 0 aliphatic heterocycles. The van der Waals surface area contributed by atoms with Gasteiger partial charge in [-0.05, 0) is 35.0 Å². The maximum atomic E-state index is 11.4. The van der Waals surface area contributed by atoms with Crippen LogP contribution >= 0.6 is 15.9 Å². The molecule has 0 bridgehead atoms. The molecule has 0 atom stereocenters. The SMILES string of the molecule is COC(=O)c1ccc2c(Br)cc(OC)cc2c1. The van der Waals surface area contributed by atoms with Crippen LogP contribution in [0.4, 0.5) is 0 Å². The number of halogens is 1. The lowest BCUT2D eigenvalue weighted by Gasteiger charge is -2.06. The standard InChI is InChI=1S/C13H11BrO3/c1-16-10-6-9-5-8(13(15)17-2)3-4-11(9)12(14)7-10/h3-7H,1-2H3. The van der Waals surface area contributed by atoms with E-state index in [1.165, 1.54) is 7.11 Å². The Morgan fingerprint density at radius 2 is 1.94 bits per heavy atom. The fourth-order valence-electron chi connectivity index (χ4n) is 1.66. The molecule has 0 radical (unpaired) electrons. The Balaban J connectivity index is 2.63. The van der Waals surface area contributed by atoms with E-state index in [9.17, 15) is 4.79 Å². The zero-order valence-electron chi connectivity index (χ0n) is 9.49. The Labute approximate surface area is 107 Å². The van der Waals surface area contributed by atoms with Crippen molar-refractivity contribution in [1.29, 1.82) is 0 Å². The van der Waals surface area contributed by atoms with Crippen molar-refractivity contribution in [1.82, 2.24) is 0 Å². The highest BCUT2D eigenvalue weighted by atomic mass is 79.9. The summed E-state index contributed by atoms with van der Waals surface area (Å²) in [5.74, 6) is 0.400. The third kappa shape index (κ3) is 2.26. The number of esters is 1. The summed E-state index contributed by atoms with van der Waals surface area (Å²) >= 11 is 3.47. The van der Waals surface area contributed by atoms with Gasteiger partial charge in [0.05, 0.1) is 19.8 Å². The van der Waals surface area contributed by atoms with Gasteiger partial charge >= 0.3 is 5.97 Å². The molecule has 0 spiro atoms. The fourth-order valence-corrected chi connectivity index (χ4v) is 2.25. The number of benzene rings is 2. The Bertz CT molecular complexity index is 578. The second-order valence-corrected chi connectivity index (χ2v) is 4.39. The maximum Gasteiger partial charge on any atom is 0.337 e. The molecule has 0 unspecified atom stereocenters. The minimum absolute atomic E-state index is 0.342. The molecule has 0 fully saturated rings. The van der Waals surface area contributed by atoms with Crippen LogP contribution in [0.3, 0.4) is 0 Å². The lowest BCUT2D eigenvalue weighted by molar-refractivity contribution is 0.0601. The quantitative estimate of drug-likeness (QED) is 0.797. The van der Waals surface area contributed by atoms with Gasteiger partial charge in [0.15, 0.2) is 0 Å². The normalized spacial score (nSPS) is 10.3. The van der Waals surface area contributed by atoms with Crippen molar-refractivity contribution in [2.45, 2.75) is 0 Å². The molecule has 0 saturated carbocycles. The molecule has 0 amide bonds. The van der Waals surface area contributed by atoms with Gasteiger partial charge in [-0.25, -0.2) is 4.79 Å². The molecule has 0 aliphatic carbocycles. The summed E-state index contributed by atoms with van der Waals surface area (Å²) < 4.78 is 10.8. The van der Waals surface area contributed by atoms with E-state index in [-0.39, 0.29) is 5.97 Å². The second kappa shape index (κ2) is 4.75. The fraction of sp³-hybridized carbons (Fsp3) is 0.154. The predicted molar refractivity (Wildman–Crippen MR) is 69.5 cm³/mol. The first kappa shape index (κ1) is 11.9. The van der Waals surface area contributed by atoms with Gasteiger partial charge in [-0.3, -0.25) is 0 Å². The molecule has 17 heavy (non-hydrogen) atoms. The van der Waals surface area contributed by atoms with E-state index in [2.05, 4.69) is 15.9 Å². The first-order valence-corrected chi connectivity index (χ1v) is 5.80. The van der Waals surface area contributed by atoms with E-state index in [0.29, 0.717) is 5.56 Å². The van der Waals surface area contributed by atoms with Gasteiger partial charge in [0.25, 0.3) is 0 Å². The van der Waals surface area contributed by atoms with Gasteiger partial charge in [0, 0.05) is 4.47 Å². The topological polar surface area (TPSA) is 35.5 Å². The molecule has 4 heteroatoms. The first-order valence-electron chi connectivity index (χ1n) is 5.01. The van der Waals surface area contributed by atoms with Crippen LogP contribution in [0, 0.1) is 0 Å². The minimum atomic E-state index is -0.342. The smallest absolute Gasteiger partial charge is 0.337 e. The van der Waals surface area contributed by atoms with Crippen LogP contribution in [-0.4, -0.2) is 20.2 Å². The van der Waals surface area contributed by atoms with Crippen molar-refractivity contribution < 1.29 is 14.3 Å². The molecule has 3 nitrogen and oxygen atoms in total. The lowest BCUT2D eigenvalue weighted by Crippen LogP contribution is -2.00. The van der Waals surface area contributed by atoms with Crippen LogP contribution in [0.2, 0.25) is 0 Å². The number of ether oxygens (including phenoxy) is 2. The summed E-state index contributed by atoms with van der Waals surface area (Å²) in [6.45, 7) is 0. The predicted octanol–water partition coefficient (Wildman–Crippen LogP) is 3.40. The lowest BCUT2D eigenvalue weighted by atomic mass is 10.1. The summed E-state index contributed by atoms with van der Waals surface area (Å²) in [7, 11) is 2.98. The summed E-state index contributed by atoms with van der Waals surface area (Å²) in [4.78, 5) is 11.4. The number of hydrogen-bond acceptors (Lipinski definition) is 3.